The summed E-state index contributed by atoms with van der Waals surface area (Å²) in [5.74, 6) is 1.96. The number of rotatable bonds is 6. The second-order valence-corrected chi connectivity index (χ2v) is 11.3. The van der Waals surface area contributed by atoms with Gasteiger partial charge in [-0.05, 0) is 48.8 Å². The Morgan fingerprint density at radius 3 is 2.37 bits per heavy atom. The van der Waals surface area contributed by atoms with Gasteiger partial charge in [0, 0.05) is 68.0 Å². The lowest BCUT2D eigenvalue weighted by molar-refractivity contribution is -0.129. The van der Waals surface area contributed by atoms with Gasteiger partial charge >= 0.3 is 0 Å². The molecule has 6 rings (SSSR count). The average Bonchev–Trinajstić information content (AvgIpc) is 3.37. The summed E-state index contributed by atoms with van der Waals surface area (Å²) in [6.45, 7) is 6.56. The van der Waals surface area contributed by atoms with E-state index >= 15 is 0 Å². The summed E-state index contributed by atoms with van der Waals surface area (Å²) >= 11 is 0. The van der Waals surface area contributed by atoms with Crippen molar-refractivity contribution in [3.63, 3.8) is 0 Å². The molecular weight excluding hydrogens is 502 g/mol. The zero-order valence-electron chi connectivity index (χ0n) is 22.0. The van der Waals surface area contributed by atoms with Gasteiger partial charge in [0.1, 0.15) is 5.60 Å². The molecule has 38 heavy (non-hydrogen) atoms. The molecule has 0 bridgehead atoms. The molecule has 1 saturated carbocycles. The van der Waals surface area contributed by atoms with Gasteiger partial charge in [-0.15, -0.1) is 12.4 Å². The van der Waals surface area contributed by atoms with Crippen molar-refractivity contribution in [1.82, 2.24) is 25.3 Å². The molecule has 3 fully saturated rings. The maximum absolute atomic E-state index is 12.4. The van der Waals surface area contributed by atoms with Crippen LogP contribution in [0, 0.1) is 5.41 Å². The molecular formula is C29H36ClN5O3. The van der Waals surface area contributed by atoms with Crippen molar-refractivity contribution >= 4 is 18.3 Å². The molecule has 0 spiro atoms. The number of hydrogen-bond donors (Lipinski definition) is 2. The third-order valence-corrected chi connectivity index (χ3v) is 8.95. The van der Waals surface area contributed by atoms with Crippen molar-refractivity contribution in [2.24, 2.45) is 5.41 Å². The summed E-state index contributed by atoms with van der Waals surface area (Å²) < 4.78 is 5.65. The van der Waals surface area contributed by atoms with Gasteiger partial charge in [-0.1, -0.05) is 42.8 Å². The molecule has 0 unspecified atom stereocenters. The lowest BCUT2D eigenvalue weighted by atomic mass is 9.62. The lowest BCUT2D eigenvalue weighted by Gasteiger charge is -2.52. The number of hydrogen-bond acceptors (Lipinski definition) is 7. The van der Waals surface area contributed by atoms with E-state index < -0.39 is 5.60 Å². The fourth-order valence-corrected chi connectivity index (χ4v) is 6.08. The predicted molar refractivity (Wildman–Crippen MR) is 146 cm³/mol. The van der Waals surface area contributed by atoms with E-state index in [1.54, 1.807) is 19.3 Å². The number of halogens is 1. The van der Waals surface area contributed by atoms with Gasteiger partial charge < -0.3 is 19.8 Å². The Kier molecular flexibility index (Phi) is 7.33. The molecule has 1 amide bonds. The van der Waals surface area contributed by atoms with Crippen molar-refractivity contribution in [3.05, 3.63) is 65.3 Å². The van der Waals surface area contributed by atoms with Gasteiger partial charge in [-0.2, -0.15) is 4.98 Å². The number of pyridine rings is 1. The highest BCUT2D eigenvalue weighted by Gasteiger charge is 2.53. The largest absolute Gasteiger partial charge is 0.380 e. The van der Waals surface area contributed by atoms with Crippen LogP contribution in [0.4, 0.5) is 0 Å². The molecule has 1 aliphatic carbocycles. The third-order valence-electron chi connectivity index (χ3n) is 8.95. The Balaban J connectivity index is 0.00000294. The Morgan fingerprint density at radius 2 is 1.79 bits per heavy atom. The normalized spacial score (nSPS) is 21.1. The topological polar surface area (TPSA) is 104 Å². The number of carbonyl (C=O) groups is 1. The number of likely N-dealkylation sites (tertiary alicyclic amines) is 1. The number of aromatic nitrogens is 3. The molecule has 2 aromatic heterocycles. The zero-order chi connectivity index (χ0) is 25.6. The molecule has 1 aromatic carbocycles. The second-order valence-electron chi connectivity index (χ2n) is 11.3. The van der Waals surface area contributed by atoms with Crippen LogP contribution in [-0.2, 0) is 10.4 Å². The highest BCUT2D eigenvalue weighted by Crippen LogP contribution is 2.48. The molecule has 2 N–H and O–H groups in total. The van der Waals surface area contributed by atoms with Crippen LogP contribution < -0.4 is 5.32 Å². The average molecular weight is 538 g/mol. The van der Waals surface area contributed by atoms with Gasteiger partial charge in [0.15, 0.2) is 0 Å². The van der Waals surface area contributed by atoms with E-state index in [1.165, 1.54) is 24.8 Å². The maximum Gasteiger partial charge on any atom is 0.230 e. The number of piperidine rings is 1. The molecule has 4 heterocycles. The van der Waals surface area contributed by atoms with E-state index in [0.29, 0.717) is 49.4 Å². The lowest BCUT2D eigenvalue weighted by Crippen LogP contribution is -2.63. The fourth-order valence-electron chi connectivity index (χ4n) is 6.08. The Morgan fingerprint density at radius 1 is 1.08 bits per heavy atom. The van der Waals surface area contributed by atoms with Gasteiger partial charge in [-0.25, -0.2) is 0 Å². The van der Waals surface area contributed by atoms with Crippen molar-refractivity contribution in [1.29, 1.82) is 0 Å². The van der Waals surface area contributed by atoms with Gasteiger partial charge in [0.25, 0.3) is 0 Å². The second kappa shape index (κ2) is 10.4. The summed E-state index contributed by atoms with van der Waals surface area (Å²) in [5, 5.41) is 20.0. The SMILES string of the molecule is CC(=O)N1CCC(c2nc(-c3cncc([C@@](O)(c4ccc(C5CCC5)cc4)C4(C)CNC4)c3)no2)CC1.Cl. The number of benzene rings is 1. The van der Waals surface area contributed by atoms with Crippen molar-refractivity contribution in [2.75, 3.05) is 26.2 Å². The maximum atomic E-state index is 12.4. The summed E-state index contributed by atoms with van der Waals surface area (Å²) in [6.07, 6.45) is 8.89. The Bertz CT molecular complexity index is 1280. The van der Waals surface area contributed by atoms with Crippen LogP contribution in [0.15, 0.2) is 47.2 Å². The number of aliphatic hydroxyl groups is 1. The minimum atomic E-state index is -1.22. The number of nitrogens with zero attached hydrogens (tertiary/aromatic N) is 4. The first kappa shape index (κ1) is 26.8. The Hall–Kier alpha value is -2.81. The number of carbonyl (C=O) groups excluding carboxylic acids is 1. The van der Waals surface area contributed by atoms with E-state index in [0.717, 1.165) is 24.0 Å². The minimum absolute atomic E-state index is 0. The van der Waals surface area contributed by atoms with Crippen LogP contribution in [0.5, 0.6) is 0 Å². The molecule has 8 nitrogen and oxygen atoms in total. The monoisotopic (exact) mass is 537 g/mol. The summed E-state index contributed by atoms with van der Waals surface area (Å²) in [4.78, 5) is 22.7. The van der Waals surface area contributed by atoms with Crippen molar-refractivity contribution in [3.8, 4) is 11.4 Å². The van der Waals surface area contributed by atoms with E-state index in [2.05, 4.69) is 46.6 Å². The van der Waals surface area contributed by atoms with Crippen LogP contribution in [0.3, 0.4) is 0 Å². The molecule has 9 heteroatoms. The van der Waals surface area contributed by atoms with Crippen LogP contribution in [0.25, 0.3) is 11.4 Å². The first-order valence-corrected chi connectivity index (χ1v) is 13.5. The summed E-state index contributed by atoms with van der Waals surface area (Å²) in [7, 11) is 0. The summed E-state index contributed by atoms with van der Waals surface area (Å²) in [5.41, 5.74) is 2.09. The molecule has 3 aliphatic rings. The molecule has 2 saturated heterocycles. The van der Waals surface area contributed by atoms with Crippen LogP contribution in [-0.4, -0.2) is 57.2 Å². The van der Waals surface area contributed by atoms with Crippen LogP contribution in [0.1, 0.15) is 80.4 Å². The number of amides is 1. The highest BCUT2D eigenvalue weighted by atomic mass is 35.5. The van der Waals surface area contributed by atoms with Gasteiger partial charge in [0.05, 0.1) is 0 Å². The van der Waals surface area contributed by atoms with E-state index in [-0.39, 0.29) is 29.6 Å². The number of nitrogens with one attached hydrogen (secondary N) is 1. The Labute approximate surface area is 229 Å². The fraction of sp³-hybridized carbons (Fsp3) is 0.517. The first-order valence-electron chi connectivity index (χ1n) is 13.5. The predicted octanol–water partition coefficient (Wildman–Crippen LogP) is 4.39. The smallest absolute Gasteiger partial charge is 0.230 e. The van der Waals surface area contributed by atoms with Crippen LogP contribution >= 0.6 is 12.4 Å². The van der Waals surface area contributed by atoms with Crippen molar-refractivity contribution in [2.45, 2.75) is 63.4 Å². The van der Waals surface area contributed by atoms with Gasteiger partial charge in [0.2, 0.25) is 17.6 Å². The molecule has 1 atom stereocenters. The van der Waals surface area contributed by atoms with E-state index in [9.17, 15) is 9.90 Å². The highest BCUT2D eigenvalue weighted by molar-refractivity contribution is 5.85. The summed E-state index contributed by atoms with van der Waals surface area (Å²) in [6, 6.07) is 10.5. The third kappa shape index (κ3) is 4.52. The van der Waals surface area contributed by atoms with E-state index in [4.69, 9.17) is 9.51 Å². The van der Waals surface area contributed by atoms with Crippen molar-refractivity contribution < 1.29 is 14.4 Å². The van der Waals surface area contributed by atoms with Crippen LogP contribution in [0.2, 0.25) is 0 Å². The standard InChI is InChI=1S/C29H35N5O3.ClH/c1-19(35)34-12-10-22(11-13-34)27-32-26(33-37-27)23-14-25(16-30-15-23)29(36,28(2)17-31-18-28)24-8-6-21(7-9-24)20-4-3-5-20;/h6-9,14-16,20,22,31,36H,3-5,10-13,17-18H2,1-2H3;1H/t29-;/m0./s1. The molecule has 3 aromatic rings. The van der Waals surface area contributed by atoms with Gasteiger partial charge in [-0.3, -0.25) is 9.78 Å². The molecule has 202 valence electrons. The minimum Gasteiger partial charge on any atom is -0.380 e. The molecule has 0 radical (unpaired) electrons. The first-order chi connectivity index (χ1) is 17.9. The van der Waals surface area contributed by atoms with E-state index in [1.807, 2.05) is 11.0 Å². The quantitative estimate of drug-likeness (QED) is 0.480. The molecule has 2 aliphatic heterocycles. The zero-order valence-corrected chi connectivity index (χ0v) is 22.8.